The molecule has 19 heavy (non-hydrogen) atoms. The first kappa shape index (κ1) is 18.3. The van der Waals surface area contributed by atoms with Crippen molar-refractivity contribution in [3.8, 4) is 0 Å². The second-order valence-electron chi connectivity index (χ2n) is 5.06. The van der Waals surface area contributed by atoms with Crippen molar-refractivity contribution < 1.29 is 23.8 Å². The first-order valence-electron chi connectivity index (χ1n) is 7.22. The van der Waals surface area contributed by atoms with Crippen LogP contribution in [0.5, 0.6) is 0 Å². The minimum absolute atomic E-state index is 0.158. The van der Waals surface area contributed by atoms with Crippen LogP contribution in [0.2, 0.25) is 0 Å². The number of unbranched alkanes of at least 4 members (excludes halogenated alkanes) is 8. The van der Waals surface area contributed by atoms with Gasteiger partial charge in [0.25, 0.3) is 0 Å². The van der Waals surface area contributed by atoms with Crippen LogP contribution in [-0.4, -0.2) is 28.2 Å². The summed E-state index contributed by atoms with van der Waals surface area (Å²) >= 11 is 0. The normalized spacial score (nSPS) is 13.5. The third-order valence-electron chi connectivity index (χ3n) is 3.28. The molecule has 0 rings (SSSR count). The zero-order chi connectivity index (χ0) is 14.7. The van der Waals surface area contributed by atoms with E-state index in [4.69, 9.17) is 10.2 Å². The number of aliphatic hydroxyl groups excluding tert-OH is 1. The Kier molecular flexibility index (Phi) is 9.74. The molecule has 0 bridgehead atoms. The summed E-state index contributed by atoms with van der Waals surface area (Å²) in [6.45, 7) is 2.16. The fraction of sp³-hybridized carbons (Fsp3) is 0.929. The van der Waals surface area contributed by atoms with Crippen LogP contribution in [0.4, 0.5) is 8.78 Å². The molecule has 0 spiro atoms. The van der Waals surface area contributed by atoms with Gasteiger partial charge in [0.1, 0.15) is 6.10 Å². The Morgan fingerprint density at radius 1 is 1.00 bits per heavy atom. The molecule has 3 nitrogen and oxygen atoms in total. The van der Waals surface area contributed by atoms with Gasteiger partial charge in [0.2, 0.25) is 0 Å². The quantitative estimate of drug-likeness (QED) is 0.531. The van der Waals surface area contributed by atoms with Gasteiger partial charge in [0.05, 0.1) is 0 Å². The van der Waals surface area contributed by atoms with Crippen molar-refractivity contribution in [2.24, 2.45) is 0 Å². The second-order valence-corrected chi connectivity index (χ2v) is 5.06. The lowest BCUT2D eigenvalue weighted by Crippen LogP contribution is -2.41. The van der Waals surface area contributed by atoms with Crippen LogP contribution in [0.15, 0.2) is 0 Å². The van der Waals surface area contributed by atoms with E-state index in [1.165, 1.54) is 25.7 Å². The van der Waals surface area contributed by atoms with Crippen molar-refractivity contribution in [1.82, 2.24) is 0 Å². The summed E-state index contributed by atoms with van der Waals surface area (Å²) in [6.07, 6.45) is 7.11. The van der Waals surface area contributed by atoms with E-state index < -0.39 is 18.0 Å². The third kappa shape index (κ3) is 8.14. The average Bonchev–Trinajstić information content (AvgIpc) is 2.36. The predicted molar refractivity (Wildman–Crippen MR) is 70.4 cm³/mol. The number of aliphatic hydroxyl groups is 1. The SMILES string of the molecule is CCCCCCCCCCC[C@H](O)C(F)(F)C(=O)O. The van der Waals surface area contributed by atoms with E-state index in [9.17, 15) is 13.6 Å². The number of carboxylic acids is 1. The van der Waals surface area contributed by atoms with E-state index in [2.05, 4.69) is 6.92 Å². The van der Waals surface area contributed by atoms with E-state index in [0.29, 0.717) is 6.42 Å². The molecule has 0 aromatic carbocycles. The van der Waals surface area contributed by atoms with Crippen LogP contribution in [0.1, 0.15) is 71.1 Å². The Bertz CT molecular complexity index is 245. The van der Waals surface area contributed by atoms with E-state index in [-0.39, 0.29) is 6.42 Å². The number of carbonyl (C=O) groups is 1. The zero-order valence-corrected chi connectivity index (χ0v) is 11.7. The third-order valence-corrected chi connectivity index (χ3v) is 3.28. The summed E-state index contributed by atoms with van der Waals surface area (Å²) in [7, 11) is 0. The summed E-state index contributed by atoms with van der Waals surface area (Å²) in [5.41, 5.74) is 0. The standard InChI is InChI=1S/C14H26F2O3/c1-2-3-4-5-6-7-8-9-10-11-12(17)14(15,16)13(18)19/h12,17H,2-11H2,1H3,(H,18,19)/t12-/m0/s1. The summed E-state index contributed by atoms with van der Waals surface area (Å²) in [4.78, 5) is 10.2. The van der Waals surface area contributed by atoms with Gasteiger partial charge in [-0.25, -0.2) is 4.79 Å². The van der Waals surface area contributed by atoms with E-state index >= 15 is 0 Å². The molecule has 0 aliphatic rings. The van der Waals surface area contributed by atoms with E-state index in [1.807, 2.05) is 0 Å². The monoisotopic (exact) mass is 280 g/mol. The Labute approximate surface area is 114 Å². The minimum Gasteiger partial charge on any atom is -0.477 e. The Morgan fingerprint density at radius 2 is 1.42 bits per heavy atom. The number of hydrogen-bond donors (Lipinski definition) is 2. The topological polar surface area (TPSA) is 57.5 Å². The highest BCUT2D eigenvalue weighted by Crippen LogP contribution is 2.23. The molecule has 0 aliphatic heterocycles. The number of halogens is 2. The van der Waals surface area contributed by atoms with Crippen LogP contribution in [0.25, 0.3) is 0 Å². The highest BCUT2D eigenvalue weighted by atomic mass is 19.3. The maximum atomic E-state index is 12.8. The predicted octanol–water partition coefficient (Wildman–Crippen LogP) is 3.99. The molecule has 0 fully saturated rings. The highest BCUT2D eigenvalue weighted by molar-refractivity contribution is 5.76. The second kappa shape index (κ2) is 10.1. The Hall–Kier alpha value is -0.710. The van der Waals surface area contributed by atoms with Crippen molar-refractivity contribution in [1.29, 1.82) is 0 Å². The van der Waals surface area contributed by atoms with Gasteiger partial charge in [-0.05, 0) is 6.42 Å². The lowest BCUT2D eigenvalue weighted by atomic mass is 10.0. The molecule has 0 heterocycles. The number of hydrogen-bond acceptors (Lipinski definition) is 2. The maximum Gasteiger partial charge on any atom is 0.377 e. The number of aliphatic carboxylic acids is 1. The van der Waals surface area contributed by atoms with Crippen molar-refractivity contribution in [3.05, 3.63) is 0 Å². The van der Waals surface area contributed by atoms with Gasteiger partial charge >= 0.3 is 11.9 Å². The molecule has 0 saturated carbocycles. The summed E-state index contributed by atoms with van der Waals surface area (Å²) < 4.78 is 25.7. The van der Waals surface area contributed by atoms with Gasteiger partial charge in [0.15, 0.2) is 0 Å². The first-order valence-corrected chi connectivity index (χ1v) is 7.22. The largest absolute Gasteiger partial charge is 0.477 e. The molecular weight excluding hydrogens is 254 g/mol. The van der Waals surface area contributed by atoms with Crippen molar-refractivity contribution in [2.45, 2.75) is 83.2 Å². The average molecular weight is 280 g/mol. The first-order chi connectivity index (χ1) is 8.92. The summed E-state index contributed by atoms with van der Waals surface area (Å²) in [6, 6.07) is 0. The molecule has 1 atom stereocenters. The van der Waals surface area contributed by atoms with Gasteiger partial charge in [0, 0.05) is 0 Å². The van der Waals surface area contributed by atoms with Gasteiger partial charge in [-0.1, -0.05) is 64.7 Å². The molecule has 0 saturated heterocycles. The van der Waals surface area contributed by atoms with Crippen LogP contribution >= 0.6 is 0 Å². The van der Waals surface area contributed by atoms with Crippen LogP contribution < -0.4 is 0 Å². The summed E-state index contributed by atoms with van der Waals surface area (Å²) in [5, 5.41) is 17.4. The van der Waals surface area contributed by atoms with Gasteiger partial charge in [-0.2, -0.15) is 8.78 Å². The van der Waals surface area contributed by atoms with E-state index in [1.54, 1.807) is 0 Å². The molecule has 0 aliphatic carbocycles. The maximum absolute atomic E-state index is 12.8. The highest BCUT2D eigenvalue weighted by Gasteiger charge is 2.46. The van der Waals surface area contributed by atoms with Crippen LogP contribution in [0, 0.1) is 0 Å². The Morgan fingerprint density at radius 3 is 1.84 bits per heavy atom. The van der Waals surface area contributed by atoms with Crippen LogP contribution in [-0.2, 0) is 4.79 Å². The molecule has 0 aromatic heterocycles. The molecular formula is C14H26F2O3. The minimum atomic E-state index is -4.03. The summed E-state index contributed by atoms with van der Waals surface area (Å²) in [5.74, 6) is -6.28. The lowest BCUT2D eigenvalue weighted by Gasteiger charge is -2.17. The van der Waals surface area contributed by atoms with Gasteiger partial charge < -0.3 is 10.2 Å². The fourth-order valence-electron chi connectivity index (χ4n) is 1.97. The zero-order valence-electron chi connectivity index (χ0n) is 11.7. The fourth-order valence-corrected chi connectivity index (χ4v) is 1.97. The smallest absolute Gasteiger partial charge is 0.377 e. The van der Waals surface area contributed by atoms with Gasteiger partial charge in [-0.15, -0.1) is 0 Å². The lowest BCUT2D eigenvalue weighted by molar-refractivity contribution is -0.182. The number of alkyl halides is 2. The molecule has 0 aromatic rings. The van der Waals surface area contributed by atoms with E-state index in [0.717, 1.165) is 25.7 Å². The molecule has 0 amide bonds. The Balaban J connectivity index is 3.47. The molecule has 0 unspecified atom stereocenters. The van der Waals surface area contributed by atoms with Crippen molar-refractivity contribution in [3.63, 3.8) is 0 Å². The van der Waals surface area contributed by atoms with Crippen molar-refractivity contribution >= 4 is 5.97 Å². The molecule has 0 radical (unpaired) electrons. The number of rotatable bonds is 12. The molecule has 114 valence electrons. The van der Waals surface area contributed by atoms with Gasteiger partial charge in [-0.3, -0.25) is 0 Å². The van der Waals surface area contributed by atoms with Crippen molar-refractivity contribution in [2.75, 3.05) is 0 Å². The number of carboxylic acid groups (broad SMARTS) is 1. The van der Waals surface area contributed by atoms with Crippen LogP contribution in [0.3, 0.4) is 0 Å². The molecule has 5 heteroatoms. The molecule has 2 N–H and O–H groups in total.